The van der Waals surface area contributed by atoms with Crippen LogP contribution in [0.25, 0.3) is 0 Å². The maximum absolute atomic E-state index is 3.64. The van der Waals surface area contributed by atoms with Crippen LogP contribution in [0.3, 0.4) is 0 Å². The second-order valence-electron chi connectivity index (χ2n) is 4.58. The SMILES string of the molecule is CCCC(CNC1CC1)c1ccccc1. The fraction of sp³-hybridized carbons (Fsp3) is 0.571. The Kier molecular flexibility index (Phi) is 3.79. The van der Waals surface area contributed by atoms with E-state index in [1.807, 2.05) is 0 Å². The molecule has 0 aromatic heterocycles. The first kappa shape index (κ1) is 10.7. The Morgan fingerprint density at radius 2 is 2.00 bits per heavy atom. The second kappa shape index (κ2) is 5.32. The van der Waals surface area contributed by atoms with Gasteiger partial charge in [0.25, 0.3) is 0 Å². The summed E-state index contributed by atoms with van der Waals surface area (Å²) in [5.74, 6) is 0.705. The topological polar surface area (TPSA) is 12.0 Å². The van der Waals surface area contributed by atoms with E-state index in [4.69, 9.17) is 0 Å². The van der Waals surface area contributed by atoms with Crippen LogP contribution >= 0.6 is 0 Å². The first-order valence-electron chi connectivity index (χ1n) is 6.18. The Morgan fingerprint density at radius 3 is 2.60 bits per heavy atom. The highest BCUT2D eigenvalue weighted by molar-refractivity contribution is 5.19. The van der Waals surface area contributed by atoms with Gasteiger partial charge in [-0.25, -0.2) is 0 Å². The predicted molar refractivity (Wildman–Crippen MR) is 65.1 cm³/mol. The van der Waals surface area contributed by atoms with Gasteiger partial charge in [-0.2, -0.15) is 0 Å². The van der Waals surface area contributed by atoms with Crippen LogP contribution in [0.2, 0.25) is 0 Å². The summed E-state index contributed by atoms with van der Waals surface area (Å²) in [6, 6.07) is 11.7. The molecule has 1 heteroatoms. The van der Waals surface area contributed by atoms with Crippen LogP contribution in [0, 0.1) is 0 Å². The number of hydrogen-bond donors (Lipinski definition) is 1. The lowest BCUT2D eigenvalue weighted by molar-refractivity contribution is 0.542. The molecular formula is C14H21N. The summed E-state index contributed by atoms with van der Waals surface area (Å²) in [5, 5.41) is 3.64. The largest absolute Gasteiger partial charge is 0.313 e. The zero-order chi connectivity index (χ0) is 10.5. The summed E-state index contributed by atoms with van der Waals surface area (Å²) in [6.07, 6.45) is 5.33. The van der Waals surface area contributed by atoms with Gasteiger partial charge in [0.1, 0.15) is 0 Å². The molecule has 1 atom stereocenters. The average Bonchev–Trinajstić information content (AvgIpc) is 3.09. The highest BCUT2D eigenvalue weighted by Gasteiger charge is 2.21. The van der Waals surface area contributed by atoms with Gasteiger partial charge in [-0.1, -0.05) is 43.7 Å². The molecule has 0 bridgehead atoms. The van der Waals surface area contributed by atoms with Crippen molar-refractivity contribution < 1.29 is 0 Å². The van der Waals surface area contributed by atoms with E-state index in [-0.39, 0.29) is 0 Å². The quantitative estimate of drug-likeness (QED) is 0.748. The van der Waals surface area contributed by atoms with E-state index in [1.165, 1.54) is 31.2 Å². The summed E-state index contributed by atoms with van der Waals surface area (Å²) < 4.78 is 0. The molecule has 1 nitrogen and oxygen atoms in total. The number of hydrogen-bond acceptors (Lipinski definition) is 1. The number of rotatable bonds is 6. The van der Waals surface area contributed by atoms with Gasteiger partial charge in [-0.05, 0) is 30.7 Å². The lowest BCUT2D eigenvalue weighted by Gasteiger charge is -2.17. The Hall–Kier alpha value is -0.820. The van der Waals surface area contributed by atoms with Gasteiger partial charge in [0.05, 0.1) is 0 Å². The predicted octanol–water partition coefficient (Wildman–Crippen LogP) is 3.32. The van der Waals surface area contributed by atoms with Crippen LogP contribution in [0.1, 0.15) is 44.1 Å². The van der Waals surface area contributed by atoms with Gasteiger partial charge in [-0.3, -0.25) is 0 Å². The molecule has 2 rings (SSSR count). The summed E-state index contributed by atoms with van der Waals surface area (Å²) in [7, 11) is 0. The molecule has 0 aliphatic heterocycles. The van der Waals surface area contributed by atoms with Gasteiger partial charge in [0.2, 0.25) is 0 Å². The number of benzene rings is 1. The molecule has 1 unspecified atom stereocenters. The molecule has 1 aliphatic carbocycles. The summed E-state index contributed by atoms with van der Waals surface area (Å²) >= 11 is 0. The van der Waals surface area contributed by atoms with E-state index in [1.54, 1.807) is 0 Å². The summed E-state index contributed by atoms with van der Waals surface area (Å²) in [4.78, 5) is 0. The molecule has 82 valence electrons. The second-order valence-corrected chi connectivity index (χ2v) is 4.58. The molecule has 1 fully saturated rings. The molecule has 1 aliphatic rings. The third-order valence-corrected chi connectivity index (χ3v) is 3.14. The number of nitrogens with one attached hydrogen (secondary N) is 1. The molecule has 0 spiro atoms. The highest BCUT2D eigenvalue weighted by Crippen LogP contribution is 2.23. The van der Waals surface area contributed by atoms with Crippen molar-refractivity contribution in [3.8, 4) is 0 Å². The Balaban J connectivity index is 1.91. The molecule has 0 heterocycles. The zero-order valence-electron chi connectivity index (χ0n) is 9.58. The van der Waals surface area contributed by atoms with Crippen molar-refractivity contribution in [2.24, 2.45) is 0 Å². The van der Waals surface area contributed by atoms with Gasteiger partial charge < -0.3 is 5.32 Å². The normalized spacial score (nSPS) is 17.7. The Morgan fingerprint density at radius 1 is 1.27 bits per heavy atom. The molecule has 0 radical (unpaired) electrons. The summed E-state index contributed by atoms with van der Waals surface area (Å²) in [6.45, 7) is 3.43. The third kappa shape index (κ3) is 3.35. The van der Waals surface area contributed by atoms with Crippen molar-refractivity contribution in [3.63, 3.8) is 0 Å². The lowest BCUT2D eigenvalue weighted by Crippen LogP contribution is -2.23. The first-order chi connectivity index (χ1) is 7.40. The van der Waals surface area contributed by atoms with Crippen LogP contribution in [0.5, 0.6) is 0 Å². The monoisotopic (exact) mass is 203 g/mol. The van der Waals surface area contributed by atoms with E-state index in [0.717, 1.165) is 12.6 Å². The van der Waals surface area contributed by atoms with E-state index < -0.39 is 0 Å². The molecule has 1 N–H and O–H groups in total. The van der Waals surface area contributed by atoms with Crippen molar-refractivity contribution in [3.05, 3.63) is 35.9 Å². The molecule has 1 aromatic carbocycles. The van der Waals surface area contributed by atoms with Crippen molar-refractivity contribution in [2.45, 2.75) is 44.6 Å². The van der Waals surface area contributed by atoms with E-state index in [0.29, 0.717) is 5.92 Å². The van der Waals surface area contributed by atoms with Crippen LogP contribution in [-0.2, 0) is 0 Å². The fourth-order valence-electron chi connectivity index (χ4n) is 2.06. The maximum atomic E-state index is 3.64. The highest BCUT2D eigenvalue weighted by atomic mass is 14.9. The van der Waals surface area contributed by atoms with Crippen molar-refractivity contribution >= 4 is 0 Å². The van der Waals surface area contributed by atoms with Crippen LogP contribution in [-0.4, -0.2) is 12.6 Å². The van der Waals surface area contributed by atoms with E-state index >= 15 is 0 Å². The van der Waals surface area contributed by atoms with E-state index in [9.17, 15) is 0 Å². The standard InChI is InChI=1S/C14H21N/c1-2-6-13(11-15-14-9-10-14)12-7-4-3-5-8-12/h3-5,7-8,13-15H,2,6,9-11H2,1H3. The third-order valence-electron chi connectivity index (χ3n) is 3.14. The lowest BCUT2D eigenvalue weighted by atomic mass is 9.94. The molecular weight excluding hydrogens is 182 g/mol. The minimum Gasteiger partial charge on any atom is -0.313 e. The minimum atomic E-state index is 0.705. The molecule has 0 saturated heterocycles. The van der Waals surface area contributed by atoms with Gasteiger partial charge >= 0.3 is 0 Å². The molecule has 0 amide bonds. The van der Waals surface area contributed by atoms with Crippen molar-refractivity contribution in [2.75, 3.05) is 6.54 Å². The average molecular weight is 203 g/mol. The molecule has 1 saturated carbocycles. The van der Waals surface area contributed by atoms with Crippen LogP contribution in [0.15, 0.2) is 30.3 Å². The van der Waals surface area contributed by atoms with Gasteiger partial charge in [0.15, 0.2) is 0 Å². The zero-order valence-corrected chi connectivity index (χ0v) is 9.58. The van der Waals surface area contributed by atoms with Crippen LogP contribution in [0.4, 0.5) is 0 Å². The smallest absolute Gasteiger partial charge is 0.00684 e. The van der Waals surface area contributed by atoms with Crippen molar-refractivity contribution in [1.82, 2.24) is 5.32 Å². The summed E-state index contributed by atoms with van der Waals surface area (Å²) in [5.41, 5.74) is 1.49. The minimum absolute atomic E-state index is 0.705. The first-order valence-corrected chi connectivity index (χ1v) is 6.18. The van der Waals surface area contributed by atoms with Crippen molar-refractivity contribution in [1.29, 1.82) is 0 Å². The molecule has 15 heavy (non-hydrogen) atoms. The van der Waals surface area contributed by atoms with E-state index in [2.05, 4.69) is 42.6 Å². The Labute approximate surface area is 92.9 Å². The fourth-order valence-corrected chi connectivity index (χ4v) is 2.06. The Bertz CT molecular complexity index is 277. The maximum Gasteiger partial charge on any atom is 0.00684 e. The van der Waals surface area contributed by atoms with Gasteiger partial charge in [-0.15, -0.1) is 0 Å². The van der Waals surface area contributed by atoms with Crippen LogP contribution < -0.4 is 5.32 Å². The molecule has 1 aromatic rings. The van der Waals surface area contributed by atoms with Gasteiger partial charge in [0, 0.05) is 12.6 Å².